The molecule has 6 nitrogen and oxygen atoms in total. The van der Waals surface area contributed by atoms with E-state index in [0.717, 1.165) is 18.6 Å². The number of benzene rings is 2. The van der Waals surface area contributed by atoms with E-state index in [1.807, 2.05) is 0 Å². The predicted octanol–water partition coefficient (Wildman–Crippen LogP) is 3.52. The van der Waals surface area contributed by atoms with Gasteiger partial charge in [-0.2, -0.15) is 4.31 Å². The number of carbonyl (C=O) groups excluding carboxylic acids is 1. The lowest BCUT2D eigenvalue weighted by Gasteiger charge is -2.19. The predicted molar refractivity (Wildman–Crippen MR) is 120 cm³/mol. The highest BCUT2D eigenvalue weighted by molar-refractivity contribution is 8.13. The van der Waals surface area contributed by atoms with Crippen molar-refractivity contribution >= 4 is 32.9 Å². The molecule has 2 heterocycles. The summed E-state index contributed by atoms with van der Waals surface area (Å²) in [6.45, 7) is 4.32. The Hall–Kier alpha value is -2.16. The van der Waals surface area contributed by atoms with Crippen LogP contribution in [0.1, 0.15) is 34.3 Å². The first-order chi connectivity index (χ1) is 14.4. The fourth-order valence-corrected chi connectivity index (χ4v) is 6.09. The van der Waals surface area contributed by atoms with Gasteiger partial charge in [0.15, 0.2) is 5.17 Å². The Labute approximate surface area is 182 Å². The smallest absolute Gasteiger partial charge is 0.259 e. The van der Waals surface area contributed by atoms with Crippen LogP contribution in [-0.2, 0) is 15.8 Å². The molecule has 0 aliphatic carbocycles. The molecular formula is C22H25N3O3S2. The molecule has 30 heavy (non-hydrogen) atoms. The number of nitrogens with zero attached hydrogens (tertiary/aromatic N) is 3. The van der Waals surface area contributed by atoms with E-state index in [0.29, 0.717) is 36.9 Å². The van der Waals surface area contributed by atoms with Crippen molar-refractivity contribution in [2.75, 3.05) is 26.2 Å². The van der Waals surface area contributed by atoms with Gasteiger partial charge in [-0.15, -0.1) is 0 Å². The van der Waals surface area contributed by atoms with Crippen LogP contribution < -0.4 is 0 Å². The number of hydrogen-bond acceptors (Lipinski definition) is 5. The third-order valence-electron chi connectivity index (χ3n) is 5.34. The number of hydrogen-bond donors (Lipinski definition) is 0. The van der Waals surface area contributed by atoms with E-state index in [1.54, 1.807) is 28.8 Å². The van der Waals surface area contributed by atoms with E-state index in [4.69, 9.17) is 0 Å². The molecule has 2 aromatic carbocycles. The Morgan fingerprint density at radius 1 is 1.00 bits per heavy atom. The van der Waals surface area contributed by atoms with Crippen molar-refractivity contribution in [2.45, 2.75) is 30.4 Å². The van der Waals surface area contributed by atoms with Crippen molar-refractivity contribution in [3.63, 3.8) is 0 Å². The molecule has 1 amide bonds. The van der Waals surface area contributed by atoms with Gasteiger partial charge in [-0.25, -0.2) is 8.42 Å². The van der Waals surface area contributed by atoms with Gasteiger partial charge >= 0.3 is 0 Å². The maximum atomic E-state index is 13.0. The summed E-state index contributed by atoms with van der Waals surface area (Å²) in [7, 11) is -3.47. The minimum absolute atomic E-state index is 0.146. The van der Waals surface area contributed by atoms with Crippen LogP contribution in [0.5, 0.6) is 0 Å². The number of thioether (sulfide) groups is 1. The third-order valence-corrected chi connectivity index (χ3v) is 8.34. The number of aliphatic imine (C=N–C) groups is 1. The van der Waals surface area contributed by atoms with Gasteiger partial charge in [0, 0.05) is 31.0 Å². The molecule has 0 saturated carbocycles. The molecule has 2 aliphatic heterocycles. The molecule has 158 valence electrons. The molecule has 0 radical (unpaired) electrons. The fraction of sp³-hybridized carbons (Fsp3) is 0.364. The van der Waals surface area contributed by atoms with Gasteiger partial charge in [0.2, 0.25) is 10.0 Å². The summed E-state index contributed by atoms with van der Waals surface area (Å²) >= 11 is 1.55. The number of amides is 1. The molecule has 0 bridgehead atoms. The second kappa shape index (κ2) is 8.91. The van der Waals surface area contributed by atoms with Crippen molar-refractivity contribution < 1.29 is 13.2 Å². The Bertz CT molecular complexity index is 1040. The van der Waals surface area contributed by atoms with Gasteiger partial charge in [0.1, 0.15) is 0 Å². The number of carbonyl (C=O) groups is 1. The van der Waals surface area contributed by atoms with Gasteiger partial charge in [-0.1, -0.05) is 41.6 Å². The molecule has 2 aromatic rings. The van der Waals surface area contributed by atoms with Crippen LogP contribution in [0.3, 0.4) is 0 Å². The summed E-state index contributed by atoms with van der Waals surface area (Å²) in [6.07, 6.45) is 1.79. The minimum atomic E-state index is -3.47. The van der Waals surface area contributed by atoms with Crippen molar-refractivity contribution in [1.29, 1.82) is 0 Å². The molecule has 1 saturated heterocycles. The van der Waals surface area contributed by atoms with Crippen molar-refractivity contribution in [3.05, 3.63) is 65.2 Å². The lowest BCUT2D eigenvalue weighted by atomic mass is 10.2. The summed E-state index contributed by atoms with van der Waals surface area (Å²) in [5.74, 6) is 0.600. The van der Waals surface area contributed by atoms with Gasteiger partial charge in [-0.05, 0) is 49.6 Å². The number of sulfonamides is 1. The first-order valence-corrected chi connectivity index (χ1v) is 12.5. The maximum absolute atomic E-state index is 13.0. The third kappa shape index (κ3) is 4.45. The normalized spacial score (nSPS) is 17.4. The molecule has 0 N–H and O–H groups in total. The molecular weight excluding hydrogens is 418 g/mol. The summed E-state index contributed by atoms with van der Waals surface area (Å²) in [6, 6.07) is 14.6. The lowest BCUT2D eigenvalue weighted by molar-refractivity contribution is 0.0860. The zero-order valence-corrected chi connectivity index (χ0v) is 18.6. The first kappa shape index (κ1) is 21.1. The van der Waals surface area contributed by atoms with Crippen molar-refractivity contribution in [1.82, 2.24) is 9.21 Å². The zero-order chi connectivity index (χ0) is 21.1. The van der Waals surface area contributed by atoms with E-state index < -0.39 is 10.0 Å². The highest BCUT2D eigenvalue weighted by Crippen LogP contribution is 2.24. The van der Waals surface area contributed by atoms with E-state index in [1.165, 1.54) is 27.6 Å². The zero-order valence-electron chi connectivity index (χ0n) is 17.0. The fourth-order valence-electron chi connectivity index (χ4n) is 3.57. The SMILES string of the molecule is Cc1ccc(CSC2=NCCN2C(=O)c2ccc(S(=O)(=O)N3CCCC3)cc2)cc1. The summed E-state index contributed by atoms with van der Waals surface area (Å²) in [5.41, 5.74) is 2.87. The van der Waals surface area contributed by atoms with Gasteiger partial charge in [-0.3, -0.25) is 14.7 Å². The molecule has 8 heteroatoms. The standard InChI is InChI=1S/C22H25N3O3S2/c1-17-4-6-18(7-5-17)16-29-22-23-12-15-25(22)21(26)19-8-10-20(11-9-19)30(27,28)24-13-2-3-14-24/h4-11H,2-3,12-16H2,1H3. The molecule has 1 fully saturated rings. The molecule has 0 atom stereocenters. The summed E-state index contributed by atoms with van der Waals surface area (Å²) in [4.78, 5) is 19.4. The highest BCUT2D eigenvalue weighted by atomic mass is 32.2. The quantitative estimate of drug-likeness (QED) is 0.709. The van der Waals surface area contributed by atoms with Crippen LogP contribution in [0, 0.1) is 6.92 Å². The van der Waals surface area contributed by atoms with Crippen LogP contribution in [-0.4, -0.2) is 54.9 Å². The minimum Gasteiger partial charge on any atom is -0.286 e. The monoisotopic (exact) mass is 443 g/mol. The second-order valence-corrected chi connectivity index (χ2v) is 10.4. The molecule has 2 aliphatic rings. The van der Waals surface area contributed by atoms with E-state index in [-0.39, 0.29) is 10.8 Å². The Morgan fingerprint density at radius 2 is 1.67 bits per heavy atom. The van der Waals surface area contributed by atoms with Crippen LogP contribution >= 0.6 is 11.8 Å². The summed E-state index contributed by atoms with van der Waals surface area (Å²) < 4.78 is 26.9. The number of amidine groups is 1. The Kier molecular flexibility index (Phi) is 6.26. The Balaban J connectivity index is 1.43. The molecule has 0 unspecified atom stereocenters. The van der Waals surface area contributed by atoms with Crippen LogP contribution in [0.2, 0.25) is 0 Å². The maximum Gasteiger partial charge on any atom is 0.259 e. The van der Waals surface area contributed by atoms with E-state index in [9.17, 15) is 13.2 Å². The topological polar surface area (TPSA) is 70.0 Å². The average Bonchev–Trinajstić information content (AvgIpc) is 3.45. The van der Waals surface area contributed by atoms with E-state index >= 15 is 0 Å². The van der Waals surface area contributed by atoms with Gasteiger partial charge in [0.05, 0.1) is 11.4 Å². The average molecular weight is 444 g/mol. The molecule has 0 aromatic heterocycles. The first-order valence-electron chi connectivity index (χ1n) is 10.1. The van der Waals surface area contributed by atoms with Crippen LogP contribution in [0.25, 0.3) is 0 Å². The van der Waals surface area contributed by atoms with Crippen LogP contribution in [0.4, 0.5) is 0 Å². The van der Waals surface area contributed by atoms with Crippen LogP contribution in [0.15, 0.2) is 58.4 Å². The molecule has 0 spiro atoms. The Morgan fingerprint density at radius 3 is 2.33 bits per heavy atom. The van der Waals surface area contributed by atoms with E-state index in [2.05, 4.69) is 36.2 Å². The number of aryl methyl sites for hydroxylation is 1. The lowest BCUT2D eigenvalue weighted by Crippen LogP contribution is -2.33. The van der Waals surface area contributed by atoms with Gasteiger partial charge < -0.3 is 0 Å². The molecule has 4 rings (SSSR count). The largest absolute Gasteiger partial charge is 0.286 e. The van der Waals surface area contributed by atoms with Crippen molar-refractivity contribution in [3.8, 4) is 0 Å². The summed E-state index contributed by atoms with van der Waals surface area (Å²) in [5, 5.41) is 0.717. The van der Waals surface area contributed by atoms with Gasteiger partial charge in [0.25, 0.3) is 5.91 Å². The highest BCUT2D eigenvalue weighted by Gasteiger charge is 2.28. The second-order valence-electron chi connectivity index (χ2n) is 7.53. The number of rotatable bonds is 5. The van der Waals surface area contributed by atoms with Crippen molar-refractivity contribution in [2.24, 2.45) is 4.99 Å².